The number of thiazole rings is 1. The molecule has 0 radical (unpaired) electrons. The first-order valence-corrected chi connectivity index (χ1v) is 17.1. The Hall–Kier alpha value is -4.95. The Kier molecular flexibility index (Phi) is 11.8. The molecule has 2 heterocycles. The maximum absolute atomic E-state index is 14.2. The number of ether oxygens (including phenoxy) is 6. The molecule has 0 saturated heterocycles. The van der Waals surface area contributed by atoms with Crippen molar-refractivity contribution in [3.05, 3.63) is 113 Å². The highest BCUT2D eigenvalue weighted by Gasteiger charge is 2.34. The highest BCUT2D eigenvalue weighted by atomic mass is 79.9. The molecule has 3 aromatic carbocycles. The third kappa shape index (κ3) is 7.92. The molecule has 14 heteroatoms. The van der Waals surface area contributed by atoms with Gasteiger partial charge in [-0.1, -0.05) is 45.5 Å². The number of esters is 2. The molecule has 0 spiro atoms. The fraction of sp³-hybridized carbons (Fsp3) is 0.278. The van der Waals surface area contributed by atoms with Gasteiger partial charge in [0.05, 0.1) is 49.3 Å². The Balaban J connectivity index is 1.58. The number of hydrogen-bond acceptors (Lipinski definition) is 11. The first-order chi connectivity index (χ1) is 24.1. The van der Waals surface area contributed by atoms with Gasteiger partial charge in [0.25, 0.3) is 5.56 Å². The van der Waals surface area contributed by atoms with Gasteiger partial charge in [-0.15, -0.1) is 0 Å². The molecule has 0 N–H and O–H groups in total. The summed E-state index contributed by atoms with van der Waals surface area (Å²) >= 11 is 4.76. The van der Waals surface area contributed by atoms with E-state index in [4.69, 9.17) is 23.7 Å². The molecule has 0 amide bonds. The summed E-state index contributed by atoms with van der Waals surface area (Å²) in [4.78, 5) is 44.4. The molecule has 1 aromatic heterocycles. The number of halogens is 2. The zero-order chi connectivity index (χ0) is 35.9. The van der Waals surface area contributed by atoms with Crippen LogP contribution in [0.3, 0.4) is 0 Å². The molecule has 0 unspecified atom stereocenters. The number of rotatable bonds is 13. The number of carbonyl (C=O) groups is 2. The van der Waals surface area contributed by atoms with Crippen LogP contribution in [0.15, 0.2) is 80.1 Å². The molecule has 1 aliphatic heterocycles. The van der Waals surface area contributed by atoms with E-state index in [0.717, 1.165) is 16.9 Å². The van der Waals surface area contributed by atoms with Gasteiger partial charge < -0.3 is 28.4 Å². The molecule has 1 aliphatic rings. The number of carbonyl (C=O) groups excluding carboxylic acids is 2. The maximum Gasteiger partial charge on any atom is 0.343 e. The van der Waals surface area contributed by atoms with Crippen LogP contribution in [0.1, 0.15) is 43.5 Å². The summed E-state index contributed by atoms with van der Waals surface area (Å²) in [6.45, 7) is 5.45. The Morgan fingerprint density at radius 1 is 0.960 bits per heavy atom. The molecule has 0 bridgehead atoms. The Morgan fingerprint density at radius 2 is 1.70 bits per heavy atom. The zero-order valence-electron chi connectivity index (χ0n) is 27.9. The first-order valence-electron chi connectivity index (χ1n) is 15.5. The smallest absolute Gasteiger partial charge is 0.343 e. The number of benzene rings is 3. The maximum atomic E-state index is 14.2. The van der Waals surface area contributed by atoms with Crippen molar-refractivity contribution in [2.24, 2.45) is 4.99 Å². The molecule has 0 aliphatic carbocycles. The standard InChI is InChI=1S/C36H34BrFN2O9S/c1-6-46-28-14-22(10-13-26(28)49-19-31(41)45-5)33-32(35(43)47-7-2)20(3)39-36-40(33)34(42)30(50-36)16-23-15-27(44-4)29(17-25(23)37)48-18-21-8-11-24(38)12-9-21/h8-17,33H,6-7,18-19H2,1-5H3/b30-16-/t33-/m0/s1. The number of hydrogen-bond donors (Lipinski definition) is 0. The number of aromatic nitrogens is 1. The van der Waals surface area contributed by atoms with E-state index in [1.165, 1.54) is 30.9 Å². The molecular weight excluding hydrogens is 735 g/mol. The summed E-state index contributed by atoms with van der Waals surface area (Å²) in [5.41, 5.74) is 2.15. The van der Waals surface area contributed by atoms with Crippen molar-refractivity contribution in [1.82, 2.24) is 4.57 Å². The van der Waals surface area contributed by atoms with Crippen LogP contribution in [-0.4, -0.2) is 50.5 Å². The van der Waals surface area contributed by atoms with E-state index in [-0.39, 0.29) is 49.1 Å². The van der Waals surface area contributed by atoms with Gasteiger partial charge >= 0.3 is 11.9 Å². The summed E-state index contributed by atoms with van der Waals surface area (Å²) in [5, 5.41) is 0. The number of methoxy groups -OCH3 is 2. The van der Waals surface area contributed by atoms with E-state index in [1.807, 2.05) is 0 Å². The average Bonchev–Trinajstić information content (AvgIpc) is 3.41. The molecule has 5 rings (SSSR count). The lowest BCUT2D eigenvalue weighted by molar-refractivity contribution is -0.143. The van der Waals surface area contributed by atoms with Gasteiger partial charge in [-0.25, -0.2) is 19.0 Å². The summed E-state index contributed by atoms with van der Waals surface area (Å²) < 4.78 is 48.9. The predicted octanol–water partition coefficient (Wildman–Crippen LogP) is 5.24. The van der Waals surface area contributed by atoms with Crippen molar-refractivity contribution in [1.29, 1.82) is 0 Å². The van der Waals surface area contributed by atoms with Crippen molar-refractivity contribution in [2.75, 3.05) is 34.0 Å². The van der Waals surface area contributed by atoms with Gasteiger partial charge in [0.1, 0.15) is 12.4 Å². The zero-order valence-corrected chi connectivity index (χ0v) is 30.3. The topological polar surface area (TPSA) is 124 Å². The van der Waals surface area contributed by atoms with Crippen LogP contribution in [0, 0.1) is 5.82 Å². The fourth-order valence-electron chi connectivity index (χ4n) is 5.20. The Bertz CT molecular complexity index is 2130. The third-order valence-corrected chi connectivity index (χ3v) is 9.22. The van der Waals surface area contributed by atoms with Gasteiger partial charge in [-0.2, -0.15) is 0 Å². The second-order valence-electron chi connectivity index (χ2n) is 10.7. The van der Waals surface area contributed by atoms with E-state index < -0.39 is 18.0 Å². The van der Waals surface area contributed by atoms with Gasteiger partial charge in [-0.3, -0.25) is 9.36 Å². The van der Waals surface area contributed by atoms with Crippen LogP contribution < -0.4 is 33.8 Å². The van der Waals surface area contributed by atoms with Crippen LogP contribution in [0.25, 0.3) is 6.08 Å². The van der Waals surface area contributed by atoms with Gasteiger partial charge in [0.15, 0.2) is 34.4 Å². The second kappa shape index (κ2) is 16.2. The van der Waals surface area contributed by atoms with E-state index in [2.05, 4.69) is 25.7 Å². The molecule has 11 nitrogen and oxygen atoms in total. The van der Waals surface area contributed by atoms with Crippen molar-refractivity contribution in [2.45, 2.75) is 33.4 Å². The average molecular weight is 770 g/mol. The highest BCUT2D eigenvalue weighted by molar-refractivity contribution is 9.10. The fourth-order valence-corrected chi connectivity index (χ4v) is 6.68. The van der Waals surface area contributed by atoms with Crippen molar-refractivity contribution in [3.8, 4) is 23.0 Å². The quantitative estimate of drug-likeness (QED) is 0.168. The monoisotopic (exact) mass is 768 g/mol. The van der Waals surface area contributed by atoms with Crippen molar-refractivity contribution >= 4 is 45.3 Å². The van der Waals surface area contributed by atoms with Gasteiger partial charge in [0.2, 0.25) is 0 Å². The van der Waals surface area contributed by atoms with Crippen molar-refractivity contribution in [3.63, 3.8) is 0 Å². The van der Waals surface area contributed by atoms with Gasteiger partial charge in [0, 0.05) is 4.47 Å². The lowest BCUT2D eigenvalue weighted by atomic mass is 9.95. The van der Waals surface area contributed by atoms with Crippen LogP contribution in [-0.2, 0) is 25.7 Å². The first kappa shape index (κ1) is 36.3. The lowest BCUT2D eigenvalue weighted by Crippen LogP contribution is -2.40. The SMILES string of the molecule is CCOC(=O)C1=C(C)N=c2s/c(=C\c3cc(OC)c(OCc4ccc(F)cc4)cc3Br)c(=O)n2[C@H]1c1ccc(OCC(=O)OC)c(OCC)c1. The largest absolute Gasteiger partial charge is 0.493 e. The molecule has 1 atom stereocenters. The lowest BCUT2D eigenvalue weighted by Gasteiger charge is -2.25. The van der Waals surface area contributed by atoms with Crippen LogP contribution in [0.4, 0.5) is 4.39 Å². The molecular formula is C36H34BrFN2O9S. The van der Waals surface area contributed by atoms with E-state index in [0.29, 0.717) is 47.9 Å². The van der Waals surface area contributed by atoms with Crippen molar-refractivity contribution < 1.29 is 42.4 Å². The normalized spacial score (nSPS) is 14.1. The third-order valence-electron chi connectivity index (χ3n) is 7.55. The minimum absolute atomic E-state index is 0.122. The van der Waals surface area contributed by atoms with E-state index in [1.54, 1.807) is 69.3 Å². The predicted molar refractivity (Wildman–Crippen MR) is 187 cm³/mol. The molecule has 0 fully saturated rings. The van der Waals surface area contributed by atoms with Crippen LogP contribution in [0.2, 0.25) is 0 Å². The molecule has 262 valence electrons. The summed E-state index contributed by atoms with van der Waals surface area (Å²) in [7, 11) is 2.77. The number of nitrogens with zero attached hydrogens (tertiary/aromatic N) is 2. The van der Waals surface area contributed by atoms with Gasteiger partial charge in [-0.05, 0) is 79.9 Å². The Labute approximate surface area is 299 Å². The molecule has 0 saturated carbocycles. The Morgan fingerprint density at radius 3 is 2.38 bits per heavy atom. The number of fused-ring (bicyclic) bond motifs is 1. The van der Waals surface area contributed by atoms with E-state index >= 15 is 0 Å². The van der Waals surface area contributed by atoms with Crippen LogP contribution in [0.5, 0.6) is 23.0 Å². The second-order valence-corrected chi connectivity index (χ2v) is 12.6. The minimum atomic E-state index is -0.915. The summed E-state index contributed by atoms with van der Waals surface area (Å²) in [5.74, 6) is -0.0458. The van der Waals surface area contributed by atoms with Crippen LogP contribution >= 0.6 is 27.3 Å². The minimum Gasteiger partial charge on any atom is -0.493 e. The molecule has 4 aromatic rings. The number of allylic oxidation sites excluding steroid dienone is 1. The summed E-state index contributed by atoms with van der Waals surface area (Å²) in [6.07, 6.45) is 1.70. The summed E-state index contributed by atoms with van der Waals surface area (Å²) in [6, 6.07) is 13.5. The highest BCUT2D eigenvalue weighted by Crippen LogP contribution is 2.37. The molecule has 50 heavy (non-hydrogen) atoms. The van der Waals surface area contributed by atoms with E-state index in [9.17, 15) is 18.8 Å².